The van der Waals surface area contributed by atoms with Crippen LogP contribution in [0.2, 0.25) is 0 Å². The minimum Gasteiger partial charge on any atom is -0.207 e. The van der Waals surface area contributed by atoms with Crippen molar-refractivity contribution >= 4 is 0 Å². The maximum Gasteiger partial charge on any atom is 0.416 e. The summed E-state index contributed by atoms with van der Waals surface area (Å²) in [5, 5.41) is 0. The van der Waals surface area contributed by atoms with Crippen molar-refractivity contribution in [1.82, 2.24) is 0 Å². The monoisotopic (exact) mass is 268 g/mol. The molecule has 100 valence electrons. The van der Waals surface area contributed by atoms with Crippen LogP contribution < -0.4 is 0 Å². The van der Waals surface area contributed by atoms with E-state index in [9.17, 15) is 17.6 Å². The van der Waals surface area contributed by atoms with Gasteiger partial charge in [-0.25, -0.2) is 4.39 Å². The van der Waals surface area contributed by atoms with Crippen molar-refractivity contribution in [2.45, 2.75) is 19.5 Å². The fourth-order valence-corrected chi connectivity index (χ4v) is 1.97. The maximum absolute atomic E-state index is 13.2. The Balaban J connectivity index is 2.33. The number of benzene rings is 2. The first-order chi connectivity index (χ1) is 8.84. The van der Waals surface area contributed by atoms with Gasteiger partial charge in [-0.15, -0.1) is 0 Å². The first-order valence-electron chi connectivity index (χ1n) is 5.77. The van der Waals surface area contributed by atoms with Gasteiger partial charge < -0.3 is 0 Å². The molecule has 0 aromatic heterocycles. The van der Waals surface area contributed by atoms with Gasteiger partial charge in [0.1, 0.15) is 5.82 Å². The molecule has 0 atom stereocenters. The second kappa shape index (κ2) is 5.03. The zero-order chi connectivity index (χ0) is 14.0. The smallest absolute Gasteiger partial charge is 0.207 e. The van der Waals surface area contributed by atoms with E-state index in [1.165, 1.54) is 0 Å². The van der Waals surface area contributed by atoms with Gasteiger partial charge in [0.2, 0.25) is 0 Å². The lowest BCUT2D eigenvalue weighted by Crippen LogP contribution is -2.06. The van der Waals surface area contributed by atoms with E-state index < -0.39 is 17.6 Å². The average Bonchev–Trinajstić information content (AvgIpc) is 2.26. The van der Waals surface area contributed by atoms with Crippen molar-refractivity contribution in [1.29, 1.82) is 0 Å². The first-order valence-corrected chi connectivity index (χ1v) is 5.77. The summed E-state index contributed by atoms with van der Waals surface area (Å²) in [6.07, 6.45) is -4.24. The molecule has 4 heteroatoms. The van der Waals surface area contributed by atoms with E-state index in [0.717, 1.165) is 23.3 Å². The van der Waals surface area contributed by atoms with Crippen LogP contribution in [-0.4, -0.2) is 0 Å². The van der Waals surface area contributed by atoms with Crippen LogP contribution in [0.5, 0.6) is 0 Å². The number of halogens is 4. The maximum atomic E-state index is 13.2. The molecule has 0 aliphatic carbocycles. The normalized spacial score (nSPS) is 11.6. The van der Waals surface area contributed by atoms with Gasteiger partial charge >= 0.3 is 6.18 Å². The number of rotatable bonds is 2. The molecule has 2 aromatic rings. The van der Waals surface area contributed by atoms with Crippen molar-refractivity contribution in [2.24, 2.45) is 0 Å². The number of hydrogen-bond acceptors (Lipinski definition) is 0. The van der Waals surface area contributed by atoms with Gasteiger partial charge in [0.15, 0.2) is 0 Å². The van der Waals surface area contributed by atoms with E-state index >= 15 is 0 Å². The average molecular weight is 268 g/mol. The van der Waals surface area contributed by atoms with Crippen molar-refractivity contribution in [3.8, 4) is 0 Å². The Morgan fingerprint density at radius 1 is 0.947 bits per heavy atom. The van der Waals surface area contributed by atoms with Crippen LogP contribution in [0.1, 0.15) is 22.3 Å². The van der Waals surface area contributed by atoms with E-state index in [2.05, 4.69) is 0 Å². The molecule has 0 nitrogen and oxygen atoms in total. The Labute approximate surface area is 108 Å². The summed E-state index contributed by atoms with van der Waals surface area (Å²) in [6, 6.07) is 10.1. The summed E-state index contributed by atoms with van der Waals surface area (Å²) in [5.74, 6) is -0.863. The fraction of sp³-hybridized carbons (Fsp3) is 0.200. The minimum atomic E-state index is -4.52. The van der Waals surface area contributed by atoms with Gasteiger partial charge in [0, 0.05) is 0 Å². The zero-order valence-electron chi connectivity index (χ0n) is 10.3. The highest BCUT2D eigenvalue weighted by molar-refractivity contribution is 5.32. The van der Waals surface area contributed by atoms with Crippen LogP contribution in [0.25, 0.3) is 0 Å². The van der Waals surface area contributed by atoms with Crippen LogP contribution in [0.4, 0.5) is 17.6 Å². The van der Waals surface area contributed by atoms with Gasteiger partial charge in [-0.2, -0.15) is 13.2 Å². The molecule has 0 aliphatic heterocycles. The fourth-order valence-electron chi connectivity index (χ4n) is 1.97. The predicted octanol–water partition coefficient (Wildman–Crippen LogP) is 4.74. The zero-order valence-corrected chi connectivity index (χ0v) is 10.3. The summed E-state index contributed by atoms with van der Waals surface area (Å²) in [4.78, 5) is 0. The van der Waals surface area contributed by atoms with Gasteiger partial charge in [-0.1, -0.05) is 29.8 Å². The lowest BCUT2D eigenvalue weighted by Gasteiger charge is -2.10. The van der Waals surface area contributed by atoms with Crippen LogP contribution in [-0.2, 0) is 12.6 Å². The topological polar surface area (TPSA) is 0 Å². The Hall–Kier alpha value is -1.84. The van der Waals surface area contributed by atoms with Gasteiger partial charge in [0.25, 0.3) is 0 Å². The molecule has 0 N–H and O–H groups in total. The van der Waals surface area contributed by atoms with Crippen LogP contribution in [0, 0.1) is 12.7 Å². The Morgan fingerprint density at radius 3 is 2.32 bits per heavy atom. The second-order valence-electron chi connectivity index (χ2n) is 4.51. The molecule has 0 spiro atoms. The molecule has 19 heavy (non-hydrogen) atoms. The molecule has 0 radical (unpaired) electrons. The molecule has 0 aliphatic rings. The van der Waals surface area contributed by atoms with Gasteiger partial charge in [-0.3, -0.25) is 0 Å². The molecular weight excluding hydrogens is 256 g/mol. The highest BCUT2D eigenvalue weighted by Crippen LogP contribution is 2.30. The third-order valence-corrected chi connectivity index (χ3v) is 2.78. The molecule has 0 amide bonds. The van der Waals surface area contributed by atoms with E-state index in [-0.39, 0.29) is 6.42 Å². The molecule has 0 unspecified atom stereocenters. The molecule has 0 saturated heterocycles. The van der Waals surface area contributed by atoms with Crippen LogP contribution in [0.3, 0.4) is 0 Å². The summed E-state index contributed by atoms with van der Waals surface area (Å²) >= 11 is 0. The highest BCUT2D eigenvalue weighted by atomic mass is 19.4. The Bertz CT molecular complexity index is 585. The van der Waals surface area contributed by atoms with Crippen molar-refractivity contribution in [3.63, 3.8) is 0 Å². The Kier molecular flexibility index (Phi) is 3.60. The third kappa shape index (κ3) is 3.56. The molecule has 2 aromatic carbocycles. The molecule has 0 heterocycles. The van der Waals surface area contributed by atoms with Crippen molar-refractivity contribution in [3.05, 3.63) is 70.5 Å². The van der Waals surface area contributed by atoms with E-state index in [1.54, 1.807) is 0 Å². The highest BCUT2D eigenvalue weighted by Gasteiger charge is 2.31. The SMILES string of the molecule is Cc1cccc(Cc2cc(F)cc(C(F)(F)F)c2)c1. The largest absolute Gasteiger partial charge is 0.416 e. The quantitative estimate of drug-likeness (QED) is 0.690. The van der Waals surface area contributed by atoms with E-state index in [1.807, 2.05) is 31.2 Å². The number of aryl methyl sites for hydroxylation is 1. The van der Waals surface area contributed by atoms with Crippen molar-refractivity contribution in [2.75, 3.05) is 0 Å². The molecule has 0 bridgehead atoms. The summed E-state index contributed by atoms with van der Waals surface area (Å²) in [6.45, 7) is 1.90. The van der Waals surface area contributed by atoms with E-state index in [4.69, 9.17) is 0 Å². The summed E-state index contributed by atoms with van der Waals surface area (Å²) in [7, 11) is 0. The predicted molar refractivity (Wildman–Crippen MR) is 65.4 cm³/mol. The third-order valence-electron chi connectivity index (χ3n) is 2.78. The van der Waals surface area contributed by atoms with Crippen LogP contribution >= 0.6 is 0 Å². The lowest BCUT2D eigenvalue weighted by atomic mass is 10.0. The molecule has 0 fully saturated rings. The van der Waals surface area contributed by atoms with Crippen LogP contribution in [0.15, 0.2) is 42.5 Å². The van der Waals surface area contributed by atoms with E-state index in [0.29, 0.717) is 11.6 Å². The summed E-state index contributed by atoms with van der Waals surface area (Å²) < 4.78 is 51.0. The number of alkyl halides is 3. The standard InChI is InChI=1S/C15H12F4/c1-10-3-2-4-11(5-10)6-12-7-13(15(17,18)19)9-14(16)8-12/h2-5,7-9H,6H2,1H3. The van der Waals surface area contributed by atoms with Gasteiger partial charge in [0.05, 0.1) is 5.56 Å². The number of hydrogen-bond donors (Lipinski definition) is 0. The first kappa shape index (κ1) is 13.6. The van der Waals surface area contributed by atoms with Crippen molar-refractivity contribution < 1.29 is 17.6 Å². The lowest BCUT2D eigenvalue weighted by molar-refractivity contribution is -0.137. The second-order valence-corrected chi connectivity index (χ2v) is 4.51. The minimum absolute atomic E-state index is 0.280. The van der Waals surface area contributed by atoms with Gasteiger partial charge in [-0.05, 0) is 42.7 Å². The molecule has 0 saturated carbocycles. The summed E-state index contributed by atoms with van der Waals surface area (Å²) in [5.41, 5.74) is 1.25. The molecule has 2 rings (SSSR count). The molecular formula is C15H12F4. The Morgan fingerprint density at radius 2 is 1.68 bits per heavy atom.